The van der Waals surface area contributed by atoms with Crippen LogP contribution in [0.15, 0.2) is 34.9 Å². The van der Waals surface area contributed by atoms with Gasteiger partial charge in [0.1, 0.15) is 11.8 Å². The quantitative estimate of drug-likeness (QED) is 0.750. The van der Waals surface area contributed by atoms with Gasteiger partial charge in [-0.1, -0.05) is 13.0 Å². The van der Waals surface area contributed by atoms with Crippen molar-refractivity contribution in [2.24, 2.45) is 0 Å². The second-order valence-corrected chi connectivity index (χ2v) is 5.99. The molecule has 0 bridgehead atoms. The van der Waals surface area contributed by atoms with E-state index < -0.39 is 12.1 Å². The molecule has 1 aromatic heterocycles. The second-order valence-electron chi connectivity index (χ2n) is 5.99. The molecule has 7 nitrogen and oxygen atoms in total. The molecule has 0 saturated heterocycles. The standard InChI is InChI=1S/C18H24N4O3/c1-5-11(2)20-16(23)13(4)21-18(24)22-15-8-6-7-14(9-15)17-19-10-12(3)25-17/h6-11,13H,5H2,1-4H3,(H,20,23)(H2,21,22,24)/t11-,13-/m1/s1. The molecule has 7 heteroatoms. The minimum absolute atomic E-state index is 0.0701. The Labute approximate surface area is 147 Å². The first-order valence-corrected chi connectivity index (χ1v) is 8.29. The molecule has 0 aliphatic heterocycles. The van der Waals surface area contributed by atoms with Crippen molar-refractivity contribution in [2.45, 2.75) is 46.2 Å². The van der Waals surface area contributed by atoms with Gasteiger partial charge in [-0.15, -0.1) is 0 Å². The number of carbonyl (C=O) groups is 2. The highest BCUT2D eigenvalue weighted by molar-refractivity contribution is 5.94. The normalized spacial score (nSPS) is 13.0. The van der Waals surface area contributed by atoms with Crippen LogP contribution in [0.4, 0.5) is 10.5 Å². The fraction of sp³-hybridized carbons (Fsp3) is 0.389. The number of aryl methyl sites for hydroxylation is 1. The van der Waals surface area contributed by atoms with Crippen LogP contribution >= 0.6 is 0 Å². The Morgan fingerprint density at radius 1 is 1.24 bits per heavy atom. The van der Waals surface area contributed by atoms with Crippen LogP contribution in [0.25, 0.3) is 11.5 Å². The Balaban J connectivity index is 1.95. The van der Waals surface area contributed by atoms with Gasteiger partial charge in [0.2, 0.25) is 11.8 Å². The maximum atomic E-state index is 12.1. The molecule has 2 aromatic rings. The van der Waals surface area contributed by atoms with Crippen molar-refractivity contribution in [1.82, 2.24) is 15.6 Å². The largest absolute Gasteiger partial charge is 0.441 e. The number of hydrogen-bond donors (Lipinski definition) is 3. The lowest BCUT2D eigenvalue weighted by atomic mass is 10.2. The SMILES string of the molecule is CC[C@@H](C)NC(=O)[C@@H](C)NC(=O)Nc1cccc(-c2ncc(C)o2)c1. The topological polar surface area (TPSA) is 96.3 Å². The third-order valence-corrected chi connectivity index (χ3v) is 3.73. The van der Waals surface area contributed by atoms with E-state index >= 15 is 0 Å². The zero-order valence-corrected chi connectivity index (χ0v) is 14.9. The summed E-state index contributed by atoms with van der Waals surface area (Å²) >= 11 is 0. The number of hydrogen-bond acceptors (Lipinski definition) is 4. The molecule has 1 heterocycles. The Kier molecular flexibility index (Phi) is 6.16. The number of aromatic nitrogens is 1. The minimum atomic E-state index is -0.633. The Hall–Kier alpha value is -2.83. The number of oxazole rings is 1. The average molecular weight is 344 g/mol. The summed E-state index contributed by atoms with van der Waals surface area (Å²) < 4.78 is 5.48. The van der Waals surface area contributed by atoms with Gasteiger partial charge in [-0.2, -0.15) is 0 Å². The summed E-state index contributed by atoms with van der Waals surface area (Å²) in [5, 5.41) is 8.16. The van der Waals surface area contributed by atoms with Gasteiger partial charge in [0.05, 0.1) is 6.20 Å². The number of rotatable bonds is 6. The van der Waals surface area contributed by atoms with E-state index in [4.69, 9.17) is 4.42 Å². The number of urea groups is 1. The van der Waals surface area contributed by atoms with Crippen LogP contribution in [-0.4, -0.2) is 29.0 Å². The van der Waals surface area contributed by atoms with E-state index in [1.54, 1.807) is 31.3 Å². The molecular weight excluding hydrogens is 320 g/mol. The molecule has 0 unspecified atom stereocenters. The van der Waals surface area contributed by atoms with Crippen LogP contribution in [-0.2, 0) is 4.79 Å². The van der Waals surface area contributed by atoms with Crippen molar-refractivity contribution in [3.63, 3.8) is 0 Å². The van der Waals surface area contributed by atoms with E-state index in [2.05, 4.69) is 20.9 Å². The van der Waals surface area contributed by atoms with Crippen molar-refractivity contribution >= 4 is 17.6 Å². The van der Waals surface area contributed by atoms with Crippen molar-refractivity contribution in [3.05, 3.63) is 36.2 Å². The molecule has 1 aromatic carbocycles. The summed E-state index contributed by atoms with van der Waals surface area (Å²) in [5.74, 6) is 0.989. The van der Waals surface area contributed by atoms with Gasteiger partial charge < -0.3 is 20.4 Å². The molecule has 25 heavy (non-hydrogen) atoms. The molecule has 0 radical (unpaired) electrons. The molecule has 0 fully saturated rings. The zero-order chi connectivity index (χ0) is 18.4. The summed E-state index contributed by atoms with van der Waals surface area (Å²) in [6, 6.07) is 6.14. The molecule has 2 atom stereocenters. The van der Waals surface area contributed by atoms with Gasteiger partial charge in [0.15, 0.2) is 0 Å². The van der Waals surface area contributed by atoms with Gasteiger partial charge in [-0.05, 0) is 45.4 Å². The first-order valence-electron chi connectivity index (χ1n) is 8.29. The van der Waals surface area contributed by atoms with E-state index in [-0.39, 0.29) is 11.9 Å². The van der Waals surface area contributed by atoms with Gasteiger partial charge in [-0.3, -0.25) is 4.79 Å². The van der Waals surface area contributed by atoms with Gasteiger partial charge in [0, 0.05) is 17.3 Å². The van der Waals surface area contributed by atoms with Crippen molar-refractivity contribution in [3.8, 4) is 11.5 Å². The van der Waals surface area contributed by atoms with E-state index in [0.29, 0.717) is 17.3 Å². The maximum absolute atomic E-state index is 12.1. The van der Waals surface area contributed by atoms with E-state index in [1.165, 1.54) is 0 Å². The predicted molar refractivity (Wildman–Crippen MR) is 96.2 cm³/mol. The van der Waals surface area contributed by atoms with Crippen LogP contribution in [0.3, 0.4) is 0 Å². The molecular formula is C18H24N4O3. The molecule has 2 rings (SSSR count). The summed E-state index contributed by atoms with van der Waals surface area (Å²) in [4.78, 5) is 28.2. The number of carbonyl (C=O) groups excluding carboxylic acids is 2. The van der Waals surface area contributed by atoms with Crippen LogP contribution in [0.1, 0.15) is 33.0 Å². The van der Waals surface area contributed by atoms with Gasteiger partial charge >= 0.3 is 6.03 Å². The van der Waals surface area contributed by atoms with E-state index in [0.717, 1.165) is 12.0 Å². The summed E-state index contributed by atoms with van der Waals surface area (Å²) in [7, 11) is 0. The van der Waals surface area contributed by atoms with Crippen LogP contribution in [0.5, 0.6) is 0 Å². The maximum Gasteiger partial charge on any atom is 0.319 e. The molecule has 3 N–H and O–H groups in total. The highest BCUT2D eigenvalue weighted by Crippen LogP contribution is 2.22. The van der Waals surface area contributed by atoms with E-state index in [1.807, 2.05) is 26.8 Å². The number of anilines is 1. The summed E-state index contributed by atoms with van der Waals surface area (Å²) in [6.07, 6.45) is 2.47. The number of nitrogens with zero attached hydrogens (tertiary/aromatic N) is 1. The molecule has 3 amide bonds. The molecule has 0 aliphatic carbocycles. The Bertz CT molecular complexity index is 741. The van der Waals surface area contributed by atoms with Gasteiger partial charge in [0.25, 0.3) is 0 Å². The second kappa shape index (κ2) is 8.32. The van der Waals surface area contributed by atoms with Crippen LogP contribution in [0.2, 0.25) is 0 Å². The van der Waals surface area contributed by atoms with Crippen molar-refractivity contribution in [1.29, 1.82) is 0 Å². The predicted octanol–water partition coefficient (Wildman–Crippen LogP) is 3.07. The lowest BCUT2D eigenvalue weighted by Crippen LogP contribution is -2.48. The van der Waals surface area contributed by atoms with Crippen molar-refractivity contribution in [2.75, 3.05) is 5.32 Å². The highest BCUT2D eigenvalue weighted by atomic mass is 16.4. The first-order chi connectivity index (χ1) is 11.9. The molecule has 0 saturated carbocycles. The number of benzene rings is 1. The zero-order valence-electron chi connectivity index (χ0n) is 14.9. The first kappa shape index (κ1) is 18.5. The van der Waals surface area contributed by atoms with Crippen LogP contribution < -0.4 is 16.0 Å². The fourth-order valence-electron chi connectivity index (χ4n) is 2.12. The monoisotopic (exact) mass is 344 g/mol. The Morgan fingerprint density at radius 2 is 2.00 bits per heavy atom. The fourth-order valence-corrected chi connectivity index (χ4v) is 2.12. The third-order valence-electron chi connectivity index (χ3n) is 3.73. The molecule has 0 spiro atoms. The summed E-state index contributed by atoms with van der Waals surface area (Å²) in [5.41, 5.74) is 1.34. The van der Waals surface area contributed by atoms with Crippen LogP contribution in [0, 0.1) is 6.92 Å². The van der Waals surface area contributed by atoms with Gasteiger partial charge in [-0.25, -0.2) is 9.78 Å². The lowest BCUT2D eigenvalue weighted by Gasteiger charge is -2.17. The summed E-state index contributed by atoms with van der Waals surface area (Å²) in [6.45, 7) is 7.36. The highest BCUT2D eigenvalue weighted by Gasteiger charge is 2.17. The molecule has 134 valence electrons. The molecule has 0 aliphatic rings. The lowest BCUT2D eigenvalue weighted by molar-refractivity contribution is -0.123. The number of nitrogens with one attached hydrogen (secondary N) is 3. The number of amides is 3. The third kappa shape index (κ3) is 5.34. The minimum Gasteiger partial charge on any atom is -0.441 e. The Morgan fingerprint density at radius 3 is 2.64 bits per heavy atom. The van der Waals surface area contributed by atoms with E-state index in [9.17, 15) is 9.59 Å². The van der Waals surface area contributed by atoms with Crippen molar-refractivity contribution < 1.29 is 14.0 Å². The smallest absolute Gasteiger partial charge is 0.319 e. The average Bonchev–Trinajstić information content (AvgIpc) is 3.01.